The van der Waals surface area contributed by atoms with Crippen molar-refractivity contribution in [2.24, 2.45) is 0 Å². The summed E-state index contributed by atoms with van der Waals surface area (Å²) in [5.41, 5.74) is 0.750. The first-order valence-corrected chi connectivity index (χ1v) is 4.34. The van der Waals surface area contributed by atoms with E-state index in [0.29, 0.717) is 24.7 Å². The van der Waals surface area contributed by atoms with Crippen LogP contribution in [0, 0.1) is 6.92 Å². The highest BCUT2D eigenvalue weighted by atomic mass is 16.5. The van der Waals surface area contributed by atoms with Gasteiger partial charge in [-0.05, 0) is 18.6 Å². The highest BCUT2D eigenvalue weighted by molar-refractivity contribution is 5.39. The van der Waals surface area contributed by atoms with E-state index in [0.717, 1.165) is 5.56 Å². The molecule has 0 heterocycles. The molecule has 0 fully saturated rings. The Bertz CT molecular complexity index is 363. The number of ether oxygens (including phenoxy) is 3. The van der Waals surface area contributed by atoms with Crippen molar-refractivity contribution in [1.82, 2.24) is 0 Å². The Morgan fingerprint density at radius 3 is 2.93 bits per heavy atom. The largest absolute Gasteiger partial charge is 0.496 e. The van der Waals surface area contributed by atoms with Crippen LogP contribution in [0.2, 0.25) is 0 Å². The maximum Gasteiger partial charge on any atom is 0.125 e. The molecular formula is C11H16O3. The minimum absolute atomic E-state index is 0.305. The second-order valence-electron chi connectivity index (χ2n) is 2.87. The average molecular weight is 199 g/mol. The van der Waals surface area contributed by atoms with Crippen LogP contribution in [0.3, 0.4) is 0 Å². The van der Waals surface area contributed by atoms with Gasteiger partial charge in [0.05, 0.1) is 17.8 Å². The summed E-state index contributed by atoms with van der Waals surface area (Å²) >= 11 is 0. The van der Waals surface area contributed by atoms with E-state index in [4.69, 9.17) is 18.3 Å². The first-order valence-electron chi connectivity index (χ1n) is 5.84. The molecule has 78 valence electrons. The van der Waals surface area contributed by atoms with Crippen LogP contribution in [-0.2, 0) is 4.74 Å². The summed E-state index contributed by atoms with van der Waals surface area (Å²) < 4.78 is 36.3. The fourth-order valence-electron chi connectivity index (χ4n) is 1.02. The van der Waals surface area contributed by atoms with Crippen LogP contribution in [0.5, 0.6) is 11.5 Å². The van der Waals surface area contributed by atoms with Gasteiger partial charge in [0, 0.05) is 13.2 Å². The van der Waals surface area contributed by atoms with Crippen LogP contribution in [0.25, 0.3) is 0 Å². The van der Waals surface area contributed by atoms with Crippen molar-refractivity contribution in [1.29, 1.82) is 0 Å². The van der Waals surface area contributed by atoms with Crippen LogP contribution in [0.15, 0.2) is 18.2 Å². The van der Waals surface area contributed by atoms with Gasteiger partial charge in [-0.25, -0.2) is 0 Å². The third kappa shape index (κ3) is 2.92. The molecule has 0 saturated carbocycles. The van der Waals surface area contributed by atoms with Crippen LogP contribution >= 0.6 is 0 Å². The minimum atomic E-state index is -2.45. The van der Waals surface area contributed by atoms with Crippen molar-refractivity contribution in [2.75, 3.05) is 27.4 Å². The molecule has 1 aromatic carbocycles. The summed E-state index contributed by atoms with van der Waals surface area (Å²) in [5, 5.41) is 0. The van der Waals surface area contributed by atoms with Crippen molar-refractivity contribution in [3.8, 4) is 11.5 Å². The lowest BCUT2D eigenvalue weighted by molar-refractivity contribution is 0.146. The third-order valence-corrected chi connectivity index (χ3v) is 1.83. The number of rotatable bonds is 5. The lowest BCUT2D eigenvalue weighted by Crippen LogP contribution is -2.04. The van der Waals surface area contributed by atoms with Crippen molar-refractivity contribution in [2.45, 2.75) is 6.92 Å². The summed E-state index contributed by atoms with van der Waals surface area (Å²) in [6.45, 7) is 2.66. The van der Waals surface area contributed by atoms with Gasteiger partial charge in [-0.3, -0.25) is 0 Å². The fraction of sp³-hybridized carbons (Fsp3) is 0.455. The SMILES string of the molecule is [2H]C([2H])([2H])Oc1cc(OCCOC)ccc1C. The number of aryl methyl sites for hydroxylation is 1. The van der Waals surface area contributed by atoms with E-state index in [1.807, 2.05) is 0 Å². The lowest BCUT2D eigenvalue weighted by Gasteiger charge is -2.09. The Labute approximate surface area is 88.8 Å². The monoisotopic (exact) mass is 199 g/mol. The van der Waals surface area contributed by atoms with Crippen molar-refractivity contribution in [3.63, 3.8) is 0 Å². The smallest absolute Gasteiger partial charge is 0.125 e. The van der Waals surface area contributed by atoms with E-state index in [1.54, 1.807) is 32.2 Å². The molecule has 0 aliphatic rings. The second-order valence-corrected chi connectivity index (χ2v) is 2.87. The zero-order chi connectivity index (χ0) is 12.9. The van der Waals surface area contributed by atoms with Crippen LogP contribution in [0.4, 0.5) is 0 Å². The van der Waals surface area contributed by atoms with Gasteiger partial charge in [-0.15, -0.1) is 0 Å². The Morgan fingerprint density at radius 1 is 1.36 bits per heavy atom. The molecule has 0 atom stereocenters. The second kappa shape index (κ2) is 5.50. The molecule has 0 unspecified atom stereocenters. The average Bonchev–Trinajstić information content (AvgIpc) is 2.21. The Kier molecular flexibility index (Phi) is 2.80. The minimum Gasteiger partial charge on any atom is -0.496 e. The first-order chi connectivity index (χ1) is 7.92. The number of hydrogen-bond acceptors (Lipinski definition) is 3. The molecule has 0 radical (unpaired) electrons. The standard InChI is InChI=1S/C11H16O3/c1-9-4-5-10(8-11(9)13-3)14-7-6-12-2/h4-5,8H,6-7H2,1-3H3/i3D3. The van der Waals surface area contributed by atoms with Gasteiger partial charge in [0.1, 0.15) is 18.1 Å². The van der Waals surface area contributed by atoms with Crippen molar-refractivity contribution in [3.05, 3.63) is 23.8 Å². The van der Waals surface area contributed by atoms with E-state index < -0.39 is 7.04 Å². The lowest BCUT2D eigenvalue weighted by atomic mass is 10.2. The molecule has 14 heavy (non-hydrogen) atoms. The molecule has 1 rings (SSSR count). The maximum absolute atomic E-state index is 7.05. The molecule has 3 nitrogen and oxygen atoms in total. The molecule has 3 heteroatoms. The zero-order valence-electron chi connectivity index (χ0n) is 11.4. The maximum atomic E-state index is 7.05. The summed E-state index contributed by atoms with van der Waals surface area (Å²) in [7, 11) is -0.864. The molecule has 1 aromatic rings. The first kappa shape index (κ1) is 7.12. The topological polar surface area (TPSA) is 27.7 Å². The van der Waals surface area contributed by atoms with E-state index in [9.17, 15) is 0 Å². The molecule has 0 spiro atoms. The normalized spacial score (nSPS) is 14.0. The molecule has 0 N–H and O–H groups in total. The van der Waals surface area contributed by atoms with Gasteiger partial charge < -0.3 is 14.2 Å². The summed E-state index contributed by atoms with van der Waals surface area (Å²) in [6, 6.07) is 5.08. The highest BCUT2D eigenvalue weighted by Crippen LogP contribution is 2.23. The molecule has 0 aliphatic heterocycles. The third-order valence-electron chi connectivity index (χ3n) is 1.83. The molecular weight excluding hydrogens is 180 g/mol. The van der Waals surface area contributed by atoms with E-state index in [1.165, 1.54) is 0 Å². The van der Waals surface area contributed by atoms with E-state index in [-0.39, 0.29) is 0 Å². The van der Waals surface area contributed by atoms with Gasteiger partial charge in [0.15, 0.2) is 0 Å². The summed E-state index contributed by atoms with van der Waals surface area (Å²) in [4.78, 5) is 0. The van der Waals surface area contributed by atoms with E-state index in [2.05, 4.69) is 0 Å². The number of benzene rings is 1. The van der Waals surface area contributed by atoms with Gasteiger partial charge >= 0.3 is 0 Å². The predicted octanol–water partition coefficient (Wildman–Crippen LogP) is 2.03. The van der Waals surface area contributed by atoms with Gasteiger partial charge in [-0.2, -0.15) is 0 Å². The van der Waals surface area contributed by atoms with Gasteiger partial charge in [-0.1, -0.05) is 6.07 Å². The molecule has 0 amide bonds. The summed E-state index contributed by atoms with van der Waals surface area (Å²) in [6.07, 6.45) is 0. The quantitative estimate of drug-likeness (QED) is 0.679. The molecule has 0 aliphatic carbocycles. The van der Waals surface area contributed by atoms with Crippen LogP contribution < -0.4 is 9.47 Å². The molecule has 0 aromatic heterocycles. The van der Waals surface area contributed by atoms with Crippen LogP contribution in [-0.4, -0.2) is 27.4 Å². The Hall–Kier alpha value is -1.22. The zero-order valence-corrected chi connectivity index (χ0v) is 8.37. The van der Waals surface area contributed by atoms with Gasteiger partial charge in [0.25, 0.3) is 0 Å². The predicted molar refractivity (Wildman–Crippen MR) is 55.1 cm³/mol. The Balaban J connectivity index is 2.72. The number of hydrogen-bond donors (Lipinski definition) is 0. The highest BCUT2D eigenvalue weighted by Gasteiger charge is 2.00. The van der Waals surface area contributed by atoms with Crippen LogP contribution in [0.1, 0.15) is 9.68 Å². The fourth-order valence-corrected chi connectivity index (χ4v) is 1.02. The van der Waals surface area contributed by atoms with Crippen molar-refractivity contribution >= 4 is 0 Å². The van der Waals surface area contributed by atoms with Gasteiger partial charge in [0.2, 0.25) is 0 Å². The summed E-state index contributed by atoms with van der Waals surface area (Å²) in [5.74, 6) is 0.867. The molecule has 0 saturated heterocycles. The van der Waals surface area contributed by atoms with E-state index >= 15 is 0 Å². The Morgan fingerprint density at radius 2 is 2.21 bits per heavy atom. The van der Waals surface area contributed by atoms with Crippen molar-refractivity contribution < 1.29 is 18.3 Å². The number of methoxy groups -OCH3 is 2. The molecule has 0 bridgehead atoms.